The number of ether oxygens (including phenoxy) is 1. The Bertz CT molecular complexity index is 1500. The summed E-state index contributed by atoms with van der Waals surface area (Å²) in [6, 6.07) is 14.4. The standard InChI is InChI=1S/C29H33N5O4S/c1-19-7-5-8-20(2)27(19)25-16-26-31-29(30-25)32-39(36,37)24-12-6-9-21(15-24)28(35)34-14-13-33(17-23(18-34)38-26)22-10-3-4-11-22/h5-9,12,15-16,22-23H,3-4,10-11,13-14,17-18H2,1-2H3,(H,30,31,32)/t23-/m1/s1. The predicted molar refractivity (Wildman–Crippen MR) is 148 cm³/mol. The van der Waals surface area contributed by atoms with Gasteiger partial charge in [0.1, 0.15) is 6.10 Å². The third-order valence-electron chi connectivity index (χ3n) is 7.99. The number of nitrogens with zero attached hydrogens (tertiary/aromatic N) is 4. The number of hydrogen-bond acceptors (Lipinski definition) is 7. The van der Waals surface area contributed by atoms with Gasteiger partial charge >= 0.3 is 0 Å². The van der Waals surface area contributed by atoms with Crippen LogP contribution in [-0.2, 0) is 10.0 Å². The molecule has 10 heteroatoms. The molecule has 1 aliphatic carbocycles. The molecule has 1 saturated heterocycles. The highest BCUT2D eigenvalue weighted by Gasteiger charge is 2.33. The zero-order valence-corrected chi connectivity index (χ0v) is 23.1. The Balaban J connectivity index is 1.48. The first-order valence-electron chi connectivity index (χ1n) is 13.6. The summed E-state index contributed by atoms with van der Waals surface area (Å²) in [7, 11) is -4.06. The van der Waals surface area contributed by atoms with Crippen molar-refractivity contribution in [1.29, 1.82) is 0 Å². The number of anilines is 1. The van der Waals surface area contributed by atoms with Gasteiger partial charge in [-0.1, -0.05) is 37.1 Å². The maximum Gasteiger partial charge on any atom is 0.264 e. The van der Waals surface area contributed by atoms with E-state index in [2.05, 4.69) is 19.6 Å². The van der Waals surface area contributed by atoms with Gasteiger partial charge in [0.15, 0.2) is 0 Å². The summed E-state index contributed by atoms with van der Waals surface area (Å²) >= 11 is 0. The first-order chi connectivity index (χ1) is 18.8. The lowest BCUT2D eigenvalue weighted by molar-refractivity contribution is 0.0687. The van der Waals surface area contributed by atoms with Gasteiger partial charge < -0.3 is 9.64 Å². The van der Waals surface area contributed by atoms with E-state index in [1.165, 1.54) is 25.0 Å². The quantitative estimate of drug-likeness (QED) is 0.517. The molecular weight excluding hydrogens is 514 g/mol. The van der Waals surface area contributed by atoms with Crippen molar-refractivity contribution >= 4 is 21.9 Å². The minimum absolute atomic E-state index is 0.0184. The minimum Gasteiger partial charge on any atom is -0.471 e. The molecule has 6 bridgehead atoms. The summed E-state index contributed by atoms with van der Waals surface area (Å²) in [5, 5.41) is 0. The van der Waals surface area contributed by atoms with E-state index in [0.29, 0.717) is 36.9 Å². The van der Waals surface area contributed by atoms with Crippen molar-refractivity contribution in [3.05, 3.63) is 65.2 Å². The van der Waals surface area contributed by atoms with Crippen molar-refractivity contribution in [1.82, 2.24) is 19.8 Å². The van der Waals surface area contributed by atoms with Crippen LogP contribution < -0.4 is 9.46 Å². The second kappa shape index (κ2) is 10.2. The van der Waals surface area contributed by atoms with E-state index in [-0.39, 0.29) is 28.7 Å². The number of aryl methyl sites for hydroxylation is 2. The second-order valence-corrected chi connectivity index (χ2v) is 12.4. The molecule has 1 N–H and O–H groups in total. The highest BCUT2D eigenvalue weighted by molar-refractivity contribution is 7.92. The molecule has 0 spiro atoms. The van der Waals surface area contributed by atoms with E-state index in [4.69, 9.17) is 4.74 Å². The number of rotatable bonds is 2. The predicted octanol–water partition coefficient (Wildman–Crippen LogP) is 4.02. The van der Waals surface area contributed by atoms with Gasteiger partial charge in [0, 0.05) is 42.9 Å². The summed E-state index contributed by atoms with van der Waals surface area (Å²) in [6.45, 7) is 6.34. The number of aromatic nitrogens is 2. The molecule has 3 aromatic rings. The number of carbonyl (C=O) groups excluding carboxylic acids is 1. The summed E-state index contributed by atoms with van der Waals surface area (Å²) in [5.74, 6) is -0.00146. The zero-order valence-electron chi connectivity index (χ0n) is 22.3. The SMILES string of the molecule is Cc1cccc(C)c1-c1cc2nc(n1)NS(=O)(=O)c1cccc(c1)C(=O)N1CCN(C3CCCC3)C[C@H](C1)O2. The van der Waals surface area contributed by atoms with Crippen LogP contribution in [0, 0.1) is 13.8 Å². The Morgan fingerprint density at radius 3 is 2.46 bits per heavy atom. The molecule has 1 aromatic heterocycles. The van der Waals surface area contributed by atoms with E-state index in [1.54, 1.807) is 23.1 Å². The van der Waals surface area contributed by atoms with Gasteiger partial charge in [-0.05, 0) is 56.0 Å². The molecule has 2 aromatic carbocycles. The van der Waals surface area contributed by atoms with Crippen molar-refractivity contribution in [2.75, 3.05) is 30.9 Å². The molecule has 1 atom stereocenters. The van der Waals surface area contributed by atoms with Crippen LogP contribution in [0.1, 0.15) is 47.2 Å². The fourth-order valence-corrected chi connectivity index (χ4v) is 7.05. The fourth-order valence-electron chi connectivity index (χ4n) is 6.06. The van der Waals surface area contributed by atoms with Crippen molar-refractivity contribution in [3.63, 3.8) is 0 Å². The van der Waals surface area contributed by atoms with Crippen molar-refractivity contribution in [2.24, 2.45) is 0 Å². The molecular formula is C29H33N5O4S. The van der Waals surface area contributed by atoms with Gasteiger partial charge in [0.2, 0.25) is 11.8 Å². The monoisotopic (exact) mass is 547 g/mol. The fraction of sp³-hybridized carbons (Fsp3) is 0.414. The molecule has 0 unspecified atom stereocenters. The van der Waals surface area contributed by atoms with Crippen LogP contribution in [0.3, 0.4) is 0 Å². The van der Waals surface area contributed by atoms with E-state index >= 15 is 0 Å². The Morgan fingerprint density at radius 1 is 0.949 bits per heavy atom. The summed E-state index contributed by atoms with van der Waals surface area (Å²) < 4.78 is 35.8. The lowest BCUT2D eigenvalue weighted by Crippen LogP contribution is -2.42. The first kappa shape index (κ1) is 25.8. The first-order valence-corrected chi connectivity index (χ1v) is 15.0. The van der Waals surface area contributed by atoms with Gasteiger partial charge in [0.25, 0.3) is 15.9 Å². The maximum absolute atomic E-state index is 13.6. The molecule has 2 aliphatic heterocycles. The average molecular weight is 548 g/mol. The number of sulfonamides is 1. The van der Waals surface area contributed by atoms with Crippen molar-refractivity contribution in [3.8, 4) is 17.1 Å². The Hall–Kier alpha value is -3.50. The third-order valence-corrected chi connectivity index (χ3v) is 9.32. The number of carbonyl (C=O) groups is 1. The molecule has 3 aliphatic rings. The highest BCUT2D eigenvalue weighted by Crippen LogP contribution is 2.31. The van der Waals surface area contributed by atoms with Gasteiger partial charge in [-0.2, -0.15) is 4.98 Å². The van der Waals surface area contributed by atoms with Crippen LogP contribution in [0.2, 0.25) is 0 Å². The van der Waals surface area contributed by atoms with E-state index in [9.17, 15) is 13.2 Å². The molecule has 9 nitrogen and oxygen atoms in total. The number of fused-ring (bicyclic) bond motifs is 6. The third kappa shape index (κ3) is 5.23. The largest absolute Gasteiger partial charge is 0.471 e. The smallest absolute Gasteiger partial charge is 0.264 e. The maximum atomic E-state index is 13.6. The molecule has 1 saturated carbocycles. The van der Waals surface area contributed by atoms with Gasteiger partial charge in [-0.3, -0.25) is 9.69 Å². The Kier molecular flexibility index (Phi) is 6.76. The van der Waals surface area contributed by atoms with E-state index < -0.39 is 10.0 Å². The molecule has 2 fully saturated rings. The summed E-state index contributed by atoms with van der Waals surface area (Å²) in [5.41, 5.74) is 3.83. The highest BCUT2D eigenvalue weighted by atomic mass is 32.2. The van der Waals surface area contributed by atoms with Crippen LogP contribution in [-0.4, -0.2) is 72.4 Å². The van der Waals surface area contributed by atoms with E-state index in [1.807, 2.05) is 32.0 Å². The molecule has 6 rings (SSSR count). The topological polar surface area (TPSA) is 105 Å². The Morgan fingerprint density at radius 2 is 1.69 bits per heavy atom. The molecule has 0 radical (unpaired) electrons. The van der Waals surface area contributed by atoms with Crippen LogP contribution in [0.15, 0.2) is 53.4 Å². The van der Waals surface area contributed by atoms with Crippen molar-refractivity contribution in [2.45, 2.75) is 56.6 Å². The van der Waals surface area contributed by atoms with Crippen LogP contribution in [0.4, 0.5) is 5.95 Å². The lowest BCUT2D eigenvalue weighted by atomic mass is 10.00. The Labute approximate surface area is 229 Å². The van der Waals surface area contributed by atoms with Gasteiger partial charge in [0.05, 0.1) is 17.1 Å². The summed E-state index contributed by atoms with van der Waals surface area (Å²) in [4.78, 5) is 26.9. The van der Waals surface area contributed by atoms with Crippen LogP contribution in [0.25, 0.3) is 11.3 Å². The van der Waals surface area contributed by atoms with Crippen LogP contribution in [0.5, 0.6) is 5.88 Å². The van der Waals surface area contributed by atoms with Gasteiger partial charge in [-0.15, -0.1) is 0 Å². The number of amides is 1. The normalized spacial score (nSPS) is 21.6. The number of hydrogen-bond donors (Lipinski definition) is 1. The molecule has 39 heavy (non-hydrogen) atoms. The average Bonchev–Trinajstić information content (AvgIpc) is 3.36. The lowest BCUT2D eigenvalue weighted by Gasteiger charge is -2.29. The number of benzene rings is 2. The van der Waals surface area contributed by atoms with Crippen LogP contribution >= 0.6 is 0 Å². The zero-order chi connectivity index (χ0) is 27.1. The minimum atomic E-state index is -4.06. The van der Waals surface area contributed by atoms with E-state index in [0.717, 1.165) is 36.1 Å². The van der Waals surface area contributed by atoms with Gasteiger partial charge in [-0.25, -0.2) is 18.1 Å². The second-order valence-electron chi connectivity index (χ2n) is 10.7. The molecule has 1 amide bonds. The number of nitrogens with one attached hydrogen (secondary N) is 1. The summed E-state index contributed by atoms with van der Waals surface area (Å²) in [6.07, 6.45) is 4.40. The molecule has 204 valence electrons. The van der Waals surface area contributed by atoms with Crippen molar-refractivity contribution < 1.29 is 17.9 Å². The molecule has 3 heterocycles.